The third-order valence-corrected chi connectivity index (χ3v) is 2.78. The van der Waals surface area contributed by atoms with Gasteiger partial charge in [-0.25, -0.2) is 14.4 Å². The molecule has 0 radical (unpaired) electrons. The summed E-state index contributed by atoms with van der Waals surface area (Å²) in [5, 5.41) is 0. The predicted octanol–water partition coefficient (Wildman–Crippen LogP) is -0.444. The summed E-state index contributed by atoms with van der Waals surface area (Å²) in [6.45, 7) is 1.57. The van der Waals surface area contributed by atoms with Gasteiger partial charge in [0.15, 0.2) is 0 Å². The van der Waals surface area contributed by atoms with E-state index in [1.807, 2.05) is 0 Å². The largest absolute Gasteiger partial charge is 0.392 e. The SMILES string of the molecule is CC1CCC2(C(=O)OC1=O)C(=O)OC2=O. The molecule has 1 unspecified atom stereocenters. The van der Waals surface area contributed by atoms with Crippen LogP contribution in [-0.2, 0) is 28.7 Å². The average Bonchev–Trinajstić information content (AvgIpc) is 2.27. The molecule has 0 aromatic heterocycles. The Kier molecular flexibility index (Phi) is 1.89. The molecule has 1 atom stereocenters. The molecule has 2 heterocycles. The number of hydrogen-bond acceptors (Lipinski definition) is 6. The molecular weight excluding hydrogens is 204 g/mol. The minimum atomic E-state index is -1.86. The van der Waals surface area contributed by atoms with Gasteiger partial charge in [0, 0.05) is 0 Å². The number of esters is 4. The summed E-state index contributed by atoms with van der Waals surface area (Å²) in [6, 6.07) is 0. The van der Waals surface area contributed by atoms with E-state index < -0.39 is 35.2 Å². The van der Waals surface area contributed by atoms with Crippen LogP contribution in [0.4, 0.5) is 0 Å². The standard InChI is InChI=1S/C9H8O6/c1-4-2-3-9(6(11)14-5(4)10)7(12)15-8(9)13/h4H,2-3H2,1H3. The molecule has 2 saturated heterocycles. The fourth-order valence-corrected chi connectivity index (χ4v) is 1.60. The lowest BCUT2D eigenvalue weighted by Crippen LogP contribution is -2.58. The molecule has 6 heteroatoms. The van der Waals surface area contributed by atoms with E-state index in [0.717, 1.165) is 0 Å². The maximum Gasteiger partial charge on any atom is 0.342 e. The van der Waals surface area contributed by atoms with Crippen molar-refractivity contribution in [1.29, 1.82) is 0 Å². The number of ether oxygens (including phenoxy) is 2. The lowest BCUT2D eigenvalue weighted by Gasteiger charge is -2.31. The molecule has 80 valence electrons. The van der Waals surface area contributed by atoms with Crippen LogP contribution in [0.1, 0.15) is 19.8 Å². The van der Waals surface area contributed by atoms with Crippen LogP contribution >= 0.6 is 0 Å². The highest BCUT2D eigenvalue weighted by atomic mass is 16.6. The zero-order valence-corrected chi connectivity index (χ0v) is 7.94. The fourth-order valence-electron chi connectivity index (χ4n) is 1.60. The molecule has 15 heavy (non-hydrogen) atoms. The lowest BCUT2D eigenvalue weighted by atomic mass is 9.78. The average molecular weight is 212 g/mol. The molecule has 0 saturated carbocycles. The van der Waals surface area contributed by atoms with Gasteiger partial charge >= 0.3 is 23.9 Å². The Bertz CT molecular complexity index is 368. The van der Waals surface area contributed by atoms with Crippen LogP contribution in [0.3, 0.4) is 0 Å². The van der Waals surface area contributed by atoms with Gasteiger partial charge in [-0.1, -0.05) is 6.92 Å². The van der Waals surface area contributed by atoms with Gasteiger partial charge in [0.1, 0.15) is 0 Å². The van der Waals surface area contributed by atoms with Crippen molar-refractivity contribution in [2.24, 2.45) is 11.3 Å². The van der Waals surface area contributed by atoms with Crippen LogP contribution in [0.2, 0.25) is 0 Å². The van der Waals surface area contributed by atoms with Crippen LogP contribution in [0.25, 0.3) is 0 Å². The van der Waals surface area contributed by atoms with E-state index in [2.05, 4.69) is 9.47 Å². The minimum Gasteiger partial charge on any atom is -0.392 e. The second-order valence-corrected chi connectivity index (χ2v) is 3.73. The van der Waals surface area contributed by atoms with Crippen molar-refractivity contribution >= 4 is 23.9 Å². The van der Waals surface area contributed by atoms with Gasteiger partial charge in [0.25, 0.3) is 5.41 Å². The summed E-state index contributed by atoms with van der Waals surface area (Å²) in [5.41, 5.74) is -1.86. The molecule has 0 aromatic rings. The summed E-state index contributed by atoms with van der Waals surface area (Å²) >= 11 is 0. The van der Waals surface area contributed by atoms with E-state index in [4.69, 9.17) is 0 Å². The van der Waals surface area contributed by atoms with Crippen LogP contribution < -0.4 is 0 Å². The first kappa shape index (κ1) is 9.82. The highest BCUT2D eigenvalue weighted by molar-refractivity contribution is 6.28. The van der Waals surface area contributed by atoms with Gasteiger partial charge in [-0.2, -0.15) is 0 Å². The Hall–Kier alpha value is -1.72. The summed E-state index contributed by atoms with van der Waals surface area (Å²) < 4.78 is 8.56. The number of hydrogen-bond donors (Lipinski definition) is 0. The van der Waals surface area contributed by atoms with Crippen molar-refractivity contribution in [3.8, 4) is 0 Å². The molecule has 2 fully saturated rings. The van der Waals surface area contributed by atoms with Gasteiger partial charge in [-0.3, -0.25) is 4.79 Å². The second-order valence-electron chi connectivity index (χ2n) is 3.73. The smallest absolute Gasteiger partial charge is 0.342 e. The van der Waals surface area contributed by atoms with Crippen LogP contribution in [-0.4, -0.2) is 23.9 Å². The van der Waals surface area contributed by atoms with Gasteiger partial charge < -0.3 is 9.47 Å². The third-order valence-electron chi connectivity index (χ3n) is 2.78. The quantitative estimate of drug-likeness (QED) is 0.399. The lowest BCUT2D eigenvalue weighted by molar-refractivity contribution is -0.203. The number of carbonyl (C=O) groups is 4. The monoisotopic (exact) mass is 212 g/mol. The Morgan fingerprint density at radius 2 is 1.60 bits per heavy atom. The third kappa shape index (κ3) is 1.10. The molecule has 0 N–H and O–H groups in total. The van der Waals surface area contributed by atoms with E-state index in [1.54, 1.807) is 6.92 Å². The molecule has 1 spiro atoms. The molecule has 2 aliphatic heterocycles. The maximum atomic E-state index is 11.4. The van der Waals surface area contributed by atoms with Crippen molar-refractivity contribution in [3.05, 3.63) is 0 Å². The molecule has 2 rings (SSSR count). The Labute approximate surface area is 84.5 Å². The first-order chi connectivity index (χ1) is 6.98. The van der Waals surface area contributed by atoms with Gasteiger partial charge in [-0.05, 0) is 12.8 Å². The second kappa shape index (κ2) is 2.88. The summed E-state index contributed by atoms with van der Waals surface area (Å²) in [4.78, 5) is 44.9. The molecular formula is C9H8O6. The zero-order chi connectivity index (χ0) is 11.2. The predicted molar refractivity (Wildman–Crippen MR) is 43.0 cm³/mol. The first-order valence-corrected chi connectivity index (χ1v) is 4.51. The molecule has 0 aromatic carbocycles. The van der Waals surface area contributed by atoms with Crippen molar-refractivity contribution < 1.29 is 28.7 Å². The summed E-state index contributed by atoms with van der Waals surface area (Å²) in [6.07, 6.45) is 0.238. The van der Waals surface area contributed by atoms with E-state index in [1.165, 1.54) is 0 Å². The summed E-state index contributed by atoms with van der Waals surface area (Å²) in [7, 11) is 0. The van der Waals surface area contributed by atoms with Crippen molar-refractivity contribution in [3.63, 3.8) is 0 Å². The van der Waals surface area contributed by atoms with E-state index in [-0.39, 0.29) is 12.8 Å². The molecule has 0 aliphatic carbocycles. The van der Waals surface area contributed by atoms with Crippen LogP contribution in [0, 0.1) is 11.3 Å². The maximum absolute atomic E-state index is 11.4. The van der Waals surface area contributed by atoms with Gasteiger partial charge in [0.05, 0.1) is 5.92 Å². The Morgan fingerprint density at radius 3 is 2.13 bits per heavy atom. The van der Waals surface area contributed by atoms with Crippen molar-refractivity contribution in [1.82, 2.24) is 0 Å². The van der Waals surface area contributed by atoms with E-state index in [0.29, 0.717) is 0 Å². The summed E-state index contributed by atoms with van der Waals surface area (Å²) in [5.74, 6) is -4.13. The van der Waals surface area contributed by atoms with Gasteiger partial charge in [0.2, 0.25) is 0 Å². The highest BCUT2D eigenvalue weighted by Gasteiger charge is 2.67. The fraction of sp³-hybridized carbons (Fsp3) is 0.556. The Balaban J connectivity index is 2.34. The molecule has 2 aliphatic rings. The van der Waals surface area contributed by atoms with Gasteiger partial charge in [-0.15, -0.1) is 0 Å². The van der Waals surface area contributed by atoms with E-state index >= 15 is 0 Å². The van der Waals surface area contributed by atoms with Crippen molar-refractivity contribution in [2.45, 2.75) is 19.8 Å². The number of cyclic esters (lactones) is 4. The normalized spacial score (nSPS) is 29.3. The molecule has 0 amide bonds. The first-order valence-electron chi connectivity index (χ1n) is 4.51. The van der Waals surface area contributed by atoms with Crippen LogP contribution in [0.5, 0.6) is 0 Å². The minimum absolute atomic E-state index is 0.0175. The van der Waals surface area contributed by atoms with Crippen LogP contribution in [0.15, 0.2) is 0 Å². The highest BCUT2D eigenvalue weighted by Crippen LogP contribution is 2.40. The topological polar surface area (TPSA) is 86.7 Å². The molecule has 6 nitrogen and oxygen atoms in total. The number of rotatable bonds is 0. The zero-order valence-electron chi connectivity index (χ0n) is 7.94. The van der Waals surface area contributed by atoms with E-state index in [9.17, 15) is 19.2 Å². The Morgan fingerprint density at radius 1 is 1.07 bits per heavy atom. The number of carbonyl (C=O) groups excluding carboxylic acids is 4. The van der Waals surface area contributed by atoms with Crippen molar-refractivity contribution in [2.75, 3.05) is 0 Å². The molecule has 0 bridgehead atoms.